The van der Waals surface area contributed by atoms with Crippen LogP contribution in [0.2, 0.25) is 0 Å². The molecule has 1 aliphatic rings. The first-order valence-electron chi connectivity index (χ1n) is 6.64. The summed E-state index contributed by atoms with van der Waals surface area (Å²) in [6, 6.07) is 0. The molecule has 2 rings (SSSR count). The maximum absolute atomic E-state index is 5.91. The number of nitrogens with two attached hydrogens (primary N) is 1. The highest BCUT2D eigenvalue weighted by Gasteiger charge is 2.16. The number of nitrogens with zero attached hydrogens (tertiary/aromatic N) is 2. The van der Waals surface area contributed by atoms with Crippen LogP contribution in [-0.4, -0.2) is 29.2 Å². The van der Waals surface area contributed by atoms with E-state index in [1.54, 1.807) is 0 Å². The number of anilines is 2. The fraction of sp³-hybridized carbons (Fsp3) is 0.692. The van der Waals surface area contributed by atoms with Gasteiger partial charge in [0.15, 0.2) is 0 Å². The van der Waals surface area contributed by atoms with Crippen LogP contribution in [0.25, 0.3) is 0 Å². The summed E-state index contributed by atoms with van der Waals surface area (Å²) in [7, 11) is 0. The molecule has 0 amide bonds. The lowest BCUT2D eigenvalue weighted by molar-refractivity contribution is 0.0247. The summed E-state index contributed by atoms with van der Waals surface area (Å²) in [5.41, 5.74) is 6.90. The van der Waals surface area contributed by atoms with Gasteiger partial charge in [-0.25, -0.2) is 9.97 Å². The molecule has 0 radical (unpaired) electrons. The van der Waals surface area contributed by atoms with E-state index in [2.05, 4.69) is 29.1 Å². The quantitative estimate of drug-likeness (QED) is 0.856. The summed E-state index contributed by atoms with van der Waals surface area (Å²) < 4.78 is 5.69. The lowest BCUT2D eigenvalue weighted by atomic mass is 10.0. The molecular formula is C13H22N4O. The average molecular weight is 250 g/mol. The Morgan fingerprint density at radius 3 is 2.94 bits per heavy atom. The van der Waals surface area contributed by atoms with E-state index in [9.17, 15) is 0 Å². The molecule has 1 aromatic rings. The molecule has 5 nitrogen and oxygen atoms in total. The van der Waals surface area contributed by atoms with Gasteiger partial charge in [-0.1, -0.05) is 13.8 Å². The standard InChI is InChI=1S/C13H22N4O/c1-9(2)11-12(14)16-8-17-13(11)15-7-10-5-3-4-6-18-10/h8-10H,3-7H2,1-2H3,(H3,14,15,16,17). The highest BCUT2D eigenvalue weighted by molar-refractivity contribution is 5.56. The van der Waals surface area contributed by atoms with Gasteiger partial charge in [0.1, 0.15) is 18.0 Å². The molecule has 0 spiro atoms. The predicted molar refractivity (Wildman–Crippen MR) is 72.6 cm³/mol. The van der Waals surface area contributed by atoms with E-state index in [1.807, 2.05) is 0 Å². The van der Waals surface area contributed by atoms with Gasteiger partial charge in [-0.3, -0.25) is 0 Å². The molecular weight excluding hydrogens is 228 g/mol. The number of hydrogen-bond donors (Lipinski definition) is 2. The van der Waals surface area contributed by atoms with Gasteiger partial charge in [0.05, 0.1) is 6.10 Å². The first-order chi connectivity index (χ1) is 8.68. The van der Waals surface area contributed by atoms with Gasteiger partial charge in [-0.2, -0.15) is 0 Å². The Morgan fingerprint density at radius 2 is 2.28 bits per heavy atom. The molecule has 1 fully saturated rings. The fourth-order valence-corrected chi connectivity index (χ4v) is 2.30. The Kier molecular flexibility index (Phi) is 4.36. The van der Waals surface area contributed by atoms with Crippen molar-refractivity contribution in [2.45, 2.75) is 45.1 Å². The molecule has 0 aromatic carbocycles. The average Bonchev–Trinajstić information content (AvgIpc) is 2.37. The first-order valence-corrected chi connectivity index (χ1v) is 6.64. The van der Waals surface area contributed by atoms with Crippen LogP contribution in [-0.2, 0) is 4.74 Å². The maximum atomic E-state index is 5.91. The summed E-state index contributed by atoms with van der Waals surface area (Å²) >= 11 is 0. The number of nitrogen functional groups attached to an aromatic ring is 1. The van der Waals surface area contributed by atoms with Gasteiger partial charge in [0, 0.05) is 18.7 Å². The SMILES string of the molecule is CC(C)c1c(N)ncnc1NCC1CCCCO1. The first kappa shape index (κ1) is 13.1. The summed E-state index contributed by atoms with van der Waals surface area (Å²) in [6.07, 6.45) is 5.33. The van der Waals surface area contributed by atoms with E-state index in [1.165, 1.54) is 19.2 Å². The zero-order chi connectivity index (χ0) is 13.0. The van der Waals surface area contributed by atoms with Gasteiger partial charge in [-0.15, -0.1) is 0 Å². The highest BCUT2D eigenvalue weighted by atomic mass is 16.5. The normalized spacial score (nSPS) is 20.1. The van der Waals surface area contributed by atoms with Gasteiger partial charge in [-0.05, 0) is 25.2 Å². The van der Waals surface area contributed by atoms with Crippen molar-refractivity contribution in [2.24, 2.45) is 0 Å². The monoisotopic (exact) mass is 250 g/mol. The molecule has 5 heteroatoms. The molecule has 3 N–H and O–H groups in total. The highest BCUT2D eigenvalue weighted by Crippen LogP contribution is 2.26. The number of rotatable bonds is 4. The van der Waals surface area contributed by atoms with E-state index in [0.29, 0.717) is 11.7 Å². The minimum absolute atomic E-state index is 0.287. The van der Waals surface area contributed by atoms with Gasteiger partial charge in [0.2, 0.25) is 0 Å². The van der Waals surface area contributed by atoms with Crippen molar-refractivity contribution < 1.29 is 4.74 Å². The minimum Gasteiger partial charge on any atom is -0.383 e. The third kappa shape index (κ3) is 3.10. The molecule has 2 heterocycles. The summed E-state index contributed by atoms with van der Waals surface area (Å²) in [5.74, 6) is 1.71. The summed E-state index contributed by atoms with van der Waals surface area (Å²) in [4.78, 5) is 8.34. The van der Waals surface area contributed by atoms with Crippen molar-refractivity contribution in [3.05, 3.63) is 11.9 Å². The molecule has 1 saturated heterocycles. The Bertz CT molecular complexity index is 389. The van der Waals surface area contributed by atoms with Gasteiger partial charge in [0.25, 0.3) is 0 Å². The van der Waals surface area contributed by atoms with Gasteiger partial charge >= 0.3 is 0 Å². The van der Waals surface area contributed by atoms with Crippen molar-refractivity contribution in [2.75, 3.05) is 24.2 Å². The Balaban J connectivity index is 2.02. The van der Waals surface area contributed by atoms with E-state index in [4.69, 9.17) is 10.5 Å². The predicted octanol–water partition coefficient (Wildman–Crippen LogP) is 2.16. The second-order valence-electron chi connectivity index (χ2n) is 5.05. The Morgan fingerprint density at radius 1 is 1.44 bits per heavy atom. The van der Waals surface area contributed by atoms with Crippen LogP contribution in [0, 0.1) is 0 Å². The third-order valence-electron chi connectivity index (χ3n) is 3.26. The molecule has 100 valence electrons. The topological polar surface area (TPSA) is 73.1 Å². The van der Waals surface area contributed by atoms with Crippen molar-refractivity contribution >= 4 is 11.6 Å². The number of hydrogen-bond acceptors (Lipinski definition) is 5. The number of ether oxygens (including phenoxy) is 1. The third-order valence-corrected chi connectivity index (χ3v) is 3.26. The molecule has 1 unspecified atom stereocenters. The molecule has 1 atom stereocenters. The second kappa shape index (κ2) is 6.00. The van der Waals surface area contributed by atoms with Crippen molar-refractivity contribution in [1.82, 2.24) is 9.97 Å². The lowest BCUT2D eigenvalue weighted by Crippen LogP contribution is -2.27. The molecule has 18 heavy (non-hydrogen) atoms. The van der Waals surface area contributed by atoms with E-state index in [-0.39, 0.29) is 6.10 Å². The summed E-state index contributed by atoms with van der Waals surface area (Å²) in [5, 5.41) is 3.35. The van der Waals surface area contributed by atoms with Crippen LogP contribution < -0.4 is 11.1 Å². The minimum atomic E-state index is 0.287. The zero-order valence-corrected chi connectivity index (χ0v) is 11.1. The number of aromatic nitrogens is 2. The Hall–Kier alpha value is -1.36. The van der Waals surface area contributed by atoms with Gasteiger partial charge < -0.3 is 15.8 Å². The molecule has 0 bridgehead atoms. The zero-order valence-electron chi connectivity index (χ0n) is 11.1. The summed E-state index contributed by atoms with van der Waals surface area (Å²) in [6.45, 7) is 5.85. The van der Waals surface area contributed by atoms with Crippen LogP contribution in [0.5, 0.6) is 0 Å². The van der Waals surface area contributed by atoms with E-state index in [0.717, 1.165) is 31.0 Å². The van der Waals surface area contributed by atoms with Crippen LogP contribution in [0.3, 0.4) is 0 Å². The lowest BCUT2D eigenvalue weighted by Gasteiger charge is -2.24. The molecule has 1 aromatic heterocycles. The van der Waals surface area contributed by atoms with Crippen molar-refractivity contribution in [3.8, 4) is 0 Å². The van der Waals surface area contributed by atoms with Crippen molar-refractivity contribution in [1.29, 1.82) is 0 Å². The molecule has 0 aliphatic carbocycles. The largest absolute Gasteiger partial charge is 0.383 e. The van der Waals surface area contributed by atoms with Crippen LogP contribution in [0.15, 0.2) is 6.33 Å². The molecule has 0 saturated carbocycles. The molecule has 1 aliphatic heterocycles. The number of nitrogens with one attached hydrogen (secondary N) is 1. The van der Waals surface area contributed by atoms with Crippen LogP contribution >= 0.6 is 0 Å². The van der Waals surface area contributed by atoms with Crippen LogP contribution in [0.4, 0.5) is 11.6 Å². The van der Waals surface area contributed by atoms with E-state index >= 15 is 0 Å². The van der Waals surface area contributed by atoms with E-state index < -0.39 is 0 Å². The van der Waals surface area contributed by atoms with Crippen LogP contribution in [0.1, 0.15) is 44.6 Å². The smallest absolute Gasteiger partial charge is 0.135 e. The Labute approximate surface area is 108 Å². The second-order valence-corrected chi connectivity index (χ2v) is 5.05. The van der Waals surface area contributed by atoms with Crippen molar-refractivity contribution in [3.63, 3.8) is 0 Å². The fourth-order valence-electron chi connectivity index (χ4n) is 2.30. The maximum Gasteiger partial charge on any atom is 0.135 e.